The Kier molecular flexibility index (Phi) is 3.71. The van der Waals surface area contributed by atoms with E-state index in [1.54, 1.807) is 0 Å². The lowest BCUT2D eigenvalue weighted by molar-refractivity contribution is -0.134. The van der Waals surface area contributed by atoms with Crippen molar-refractivity contribution in [1.29, 1.82) is 0 Å². The molecule has 1 aliphatic heterocycles. The van der Waals surface area contributed by atoms with E-state index in [1.165, 1.54) is 6.07 Å². The smallest absolute Gasteiger partial charge is 0.226 e. The fraction of sp³-hybridized carbons (Fsp3) is 0.600. The van der Waals surface area contributed by atoms with Crippen LogP contribution in [0, 0.1) is 11.8 Å². The van der Waals surface area contributed by atoms with Gasteiger partial charge >= 0.3 is 0 Å². The molecule has 2 aliphatic rings. The Morgan fingerprint density at radius 1 is 1.38 bits per heavy atom. The highest BCUT2D eigenvalue weighted by atomic mass is 16.4. The molecule has 1 saturated carbocycles. The molecule has 114 valence electrons. The third-order valence-electron chi connectivity index (χ3n) is 4.36. The van der Waals surface area contributed by atoms with Crippen molar-refractivity contribution in [2.45, 2.75) is 19.9 Å². The van der Waals surface area contributed by atoms with E-state index in [2.05, 4.69) is 11.8 Å². The van der Waals surface area contributed by atoms with E-state index in [0.29, 0.717) is 24.1 Å². The van der Waals surface area contributed by atoms with Gasteiger partial charge in [-0.2, -0.15) is 0 Å². The van der Waals surface area contributed by atoms with Crippen molar-refractivity contribution < 1.29 is 14.3 Å². The third-order valence-corrected chi connectivity index (χ3v) is 4.36. The molecule has 0 unspecified atom stereocenters. The molecule has 1 aromatic heterocycles. The lowest BCUT2D eigenvalue weighted by Gasteiger charge is -2.34. The Morgan fingerprint density at radius 3 is 2.62 bits per heavy atom. The molecular formula is C15H20N2O4. The molecular weight excluding hydrogens is 272 g/mol. The van der Waals surface area contributed by atoms with Crippen molar-refractivity contribution in [3.63, 3.8) is 0 Å². The van der Waals surface area contributed by atoms with Crippen LogP contribution in [0.2, 0.25) is 0 Å². The maximum absolute atomic E-state index is 12.1. The van der Waals surface area contributed by atoms with Gasteiger partial charge in [0, 0.05) is 38.2 Å². The molecule has 0 spiro atoms. The minimum atomic E-state index is -0.423. The third kappa shape index (κ3) is 3.10. The van der Waals surface area contributed by atoms with E-state index >= 15 is 0 Å². The molecule has 2 heterocycles. The first-order valence-electron chi connectivity index (χ1n) is 7.36. The Hall–Kier alpha value is -1.82. The molecule has 1 N–H and O–H groups in total. The van der Waals surface area contributed by atoms with E-state index in [1.807, 2.05) is 4.90 Å². The van der Waals surface area contributed by atoms with Gasteiger partial charge in [0.1, 0.15) is 12.0 Å². The average molecular weight is 292 g/mol. The van der Waals surface area contributed by atoms with Crippen molar-refractivity contribution in [3.8, 4) is 5.75 Å². The minimum Gasteiger partial charge on any atom is -0.502 e. The number of carbonyl (C=O) groups is 1. The Balaban J connectivity index is 1.52. The summed E-state index contributed by atoms with van der Waals surface area (Å²) < 4.78 is 5.21. The summed E-state index contributed by atoms with van der Waals surface area (Å²) in [6, 6.07) is 1.32. The lowest BCUT2D eigenvalue weighted by Crippen LogP contribution is -2.48. The van der Waals surface area contributed by atoms with E-state index < -0.39 is 5.43 Å². The van der Waals surface area contributed by atoms with Gasteiger partial charge in [0.2, 0.25) is 11.3 Å². The van der Waals surface area contributed by atoms with Crippen LogP contribution < -0.4 is 5.43 Å². The maximum atomic E-state index is 12.1. The zero-order valence-corrected chi connectivity index (χ0v) is 12.1. The molecule has 1 amide bonds. The highest BCUT2D eigenvalue weighted by Crippen LogP contribution is 2.39. The number of piperazine rings is 1. The van der Waals surface area contributed by atoms with Crippen molar-refractivity contribution in [1.82, 2.24) is 9.80 Å². The molecule has 0 aromatic carbocycles. The number of carbonyl (C=O) groups excluding carboxylic acids is 1. The standard InChI is InChI=1S/C15H20N2O4/c1-10-6-12(10)15(20)17-4-2-16(3-5-17)8-11-7-13(18)14(19)9-21-11/h7,9-10,12,19H,2-6,8H2,1H3/t10-,12+/m0/s1. The lowest BCUT2D eigenvalue weighted by atomic mass is 10.2. The van der Waals surface area contributed by atoms with Crippen molar-refractivity contribution in [3.05, 3.63) is 28.3 Å². The van der Waals surface area contributed by atoms with Crippen molar-refractivity contribution >= 4 is 5.91 Å². The molecule has 0 radical (unpaired) electrons. The molecule has 1 aromatic rings. The number of aromatic hydroxyl groups is 1. The molecule has 6 nitrogen and oxygen atoms in total. The van der Waals surface area contributed by atoms with Crippen LogP contribution in [0.25, 0.3) is 0 Å². The summed E-state index contributed by atoms with van der Waals surface area (Å²) >= 11 is 0. The minimum absolute atomic E-state index is 0.242. The zero-order chi connectivity index (χ0) is 15.0. The van der Waals surface area contributed by atoms with Crippen molar-refractivity contribution in [2.24, 2.45) is 11.8 Å². The van der Waals surface area contributed by atoms with Gasteiger partial charge in [0.05, 0.1) is 6.54 Å². The van der Waals surface area contributed by atoms with Crippen LogP contribution in [0.5, 0.6) is 5.75 Å². The summed E-state index contributed by atoms with van der Waals surface area (Å²) in [5.74, 6) is 1.24. The topological polar surface area (TPSA) is 74.0 Å². The summed E-state index contributed by atoms with van der Waals surface area (Å²) in [5.41, 5.74) is -0.423. The Morgan fingerprint density at radius 2 is 2.05 bits per heavy atom. The summed E-state index contributed by atoms with van der Waals surface area (Å²) in [6.07, 6.45) is 2.10. The van der Waals surface area contributed by atoms with Gasteiger partial charge in [-0.3, -0.25) is 14.5 Å². The molecule has 2 atom stereocenters. The zero-order valence-electron chi connectivity index (χ0n) is 12.1. The highest BCUT2D eigenvalue weighted by Gasteiger charge is 2.41. The van der Waals surface area contributed by atoms with Gasteiger partial charge in [-0.05, 0) is 12.3 Å². The number of amides is 1. The summed E-state index contributed by atoms with van der Waals surface area (Å²) in [4.78, 5) is 27.6. The number of nitrogens with zero attached hydrogens (tertiary/aromatic N) is 2. The fourth-order valence-corrected chi connectivity index (χ4v) is 2.77. The average Bonchev–Trinajstić information content (AvgIpc) is 3.20. The van der Waals surface area contributed by atoms with Crippen LogP contribution in [0.4, 0.5) is 0 Å². The maximum Gasteiger partial charge on any atom is 0.226 e. The van der Waals surface area contributed by atoms with Gasteiger partial charge in [0.25, 0.3) is 0 Å². The van der Waals surface area contributed by atoms with Gasteiger partial charge in [-0.25, -0.2) is 0 Å². The number of hydrogen-bond donors (Lipinski definition) is 1. The first kappa shape index (κ1) is 14.1. The SMILES string of the molecule is C[C@H]1C[C@H]1C(=O)N1CCN(Cc2cc(=O)c(O)co2)CC1. The van der Waals surface area contributed by atoms with E-state index in [-0.39, 0.29) is 11.7 Å². The molecule has 1 saturated heterocycles. The van der Waals surface area contributed by atoms with Crippen LogP contribution in [0.15, 0.2) is 21.5 Å². The predicted molar refractivity (Wildman–Crippen MR) is 75.8 cm³/mol. The predicted octanol–water partition coefficient (Wildman–Crippen LogP) is 0.646. The monoisotopic (exact) mass is 292 g/mol. The van der Waals surface area contributed by atoms with Crippen LogP contribution in [-0.4, -0.2) is 47.0 Å². The van der Waals surface area contributed by atoms with Crippen LogP contribution in [0.1, 0.15) is 19.1 Å². The Labute approximate surface area is 123 Å². The van der Waals surface area contributed by atoms with Crippen LogP contribution in [-0.2, 0) is 11.3 Å². The molecule has 21 heavy (non-hydrogen) atoms. The second-order valence-electron chi connectivity index (χ2n) is 6.02. The van der Waals surface area contributed by atoms with Crippen LogP contribution >= 0.6 is 0 Å². The quantitative estimate of drug-likeness (QED) is 0.885. The first-order valence-corrected chi connectivity index (χ1v) is 7.36. The second-order valence-corrected chi connectivity index (χ2v) is 6.02. The summed E-state index contributed by atoms with van der Waals surface area (Å²) in [6.45, 7) is 5.65. The molecule has 2 fully saturated rings. The number of hydrogen-bond acceptors (Lipinski definition) is 5. The highest BCUT2D eigenvalue weighted by molar-refractivity contribution is 5.81. The summed E-state index contributed by atoms with van der Waals surface area (Å²) in [5, 5.41) is 9.16. The number of rotatable bonds is 3. The van der Waals surface area contributed by atoms with Crippen molar-refractivity contribution in [2.75, 3.05) is 26.2 Å². The molecule has 1 aliphatic carbocycles. The van der Waals surface area contributed by atoms with Gasteiger partial charge in [-0.15, -0.1) is 0 Å². The van der Waals surface area contributed by atoms with Gasteiger partial charge < -0.3 is 14.4 Å². The normalized spacial score (nSPS) is 25.9. The van der Waals surface area contributed by atoms with E-state index in [9.17, 15) is 9.59 Å². The van der Waals surface area contributed by atoms with Gasteiger partial charge in [0.15, 0.2) is 5.75 Å². The first-order chi connectivity index (χ1) is 10.0. The summed E-state index contributed by atoms with van der Waals surface area (Å²) in [7, 11) is 0. The largest absolute Gasteiger partial charge is 0.502 e. The molecule has 3 rings (SSSR count). The molecule has 0 bridgehead atoms. The van der Waals surface area contributed by atoms with E-state index in [0.717, 1.165) is 38.9 Å². The van der Waals surface area contributed by atoms with E-state index in [4.69, 9.17) is 9.52 Å². The fourth-order valence-electron chi connectivity index (χ4n) is 2.77. The van der Waals surface area contributed by atoms with Crippen LogP contribution in [0.3, 0.4) is 0 Å². The second kappa shape index (κ2) is 5.52. The molecule has 6 heteroatoms. The Bertz CT molecular complexity index is 590. The van der Waals surface area contributed by atoms with Gasteiger partial charge in [-0.1, -0.05) is 6.92 Å².